The van der Waals surface area contributed by atoms with Crippen molar-refractivity contribution < 1.29 is 4.74 Å². The molecule has 0 aliphatic carbocycles. The van der Waals surface area contributed by atoms with E-state index in [2.05, 4.69) is 49.9 Å². The van der Waals surface area contributed by atoms with E-state index in [1.165, 1.54) is 21.8 Å². The van der Waals surface area contributed by atoms with E-state index >= 15 is 0 Å². The smallest absolute Gasteiger partial charge is 0.130 e. The van der Waals surface area contributed by atoms with Gasteiger partial charge in [0.25, 0.3) is 0 Å². The van der Waals surface area contributed by atoms with E-state index in [1.807, 2.05) is 12.3 Å². The lowest BCUT2D eigenvalue weighted by Gasteiger charge is -2.09. The average Bonchev–Trinajstić information content (AvgIpc) is 3.22. The van der Waals surface area contributed by atoms with Gasteiger partial charge in [0.1, 0.15) is 17.9 Å². The summed E-state index contributed by atoms with van der Waals surface area (Å²) in [7, 11) is 1.70. The maximum absolute atomic E-state index is 5.41. The summed E-state index contributed by atoms with van der Waals surface area (Å²) in [6.45, 7) is 2.95. The zero-order valence-corrected chi connectivity index (χ0v) is 13.8. The van der Waals surface area contributed by atoms with E-state index < -0.39 is 0 Å². The molecule has 1 aromatic carbocycles. The number of aromatic nitrogens is 5. The number of aromatic amines is 1. The molecule has 0 unspecified atom stereocenters. The third-order valence-electron chi connectivity index (χ3n) is 4.43. The fourth-order valence-corrected chi connectivity index (χ4v) is 3.32. The minimum absolute atomic E-state index is 0.866. The molecule has 4 aromatic rings. The van der Waals surface area contributed by atoms with E-state index in [9.17, 15) is 0 Å². The molecule has 0 radical (unpaired) electrons. The summed E-state index contributed by atoms with van der Waals surface area (Å²) in [5.41, 5.74) is 3.42. The topological polar surface area (TPSA) is 68.6 Å². The largest absolute Gasteiger partial charge is 0.497 e. The lowest BCUT2D eigenvalue weighted by Crippen LogP contribution is -2.02. The molecule has 0 aliphatic rings. The number of methoxy groups -OCH3 is 1. The highest BCUT2D eigenvalue weighted by Gasteiger charge is 2.13. The Labute approximate surface area is 139 Å². The molecule has 0 aliphatic heterocycles. The minimum Gasteiger partial charge on any atom is -0.497 e. The first-order chi connectivity index (χ1) is 11.8. The van der Waals surface area contributed by atoms with Crippen LogP contribution in [-0.2, 0) is 13.0 Å². The molecule has 0 amide bonds. The summed E-state index contributed by atoms with van der Waals surface area (Å²) >= 11 is 0. The van der Waals surface area contributed by atoms with Crippen molar-refractivity contribution in [3.63, 3.8) is 0 Å². The molecule has 0 atom stereocenters. The van der Waals surface area contributed by atoms with Gasteiger partial charge in [0, 0.05) is 36.0 Å². The standard InChI is InChI=1S/C18H19N5O/c1-12-18-15(7-8-19-12)14-6-5-13(24-2)10-16(14)23(18)9-3-4-17-20-11-21-22-17/h5-8,10-11H,3-4,9H2,1-2H3,(H,20,21,22). The van der Waals surface area contributed by atoms with Crippen molar-refractivity contribution in [2.75, 3.05) is 7.11 Å². The Hall–Kier alpha value is -2.89. The van der Waals surface area contributed by atoms with Crippen molar-refractivity contribution in [2.24, 2.45) is 0 Å². The molecule has 3 heterocycles. The molecule has 0 saturated heterocycles. The van der Waals surface area contributed by atoms with Crippen LogP contribution in [0.4, 0.5) is 0 Å². The van der Waals surface area contributed by atoms with E-state index in [0.29, 0.717) is 0 Å². The van der Waals surface area contributed by atoms with Crippen molar-refractivity contribution in [2.45, 2.75) is 26.3 Å². The summed E-state index contributed by atoms with van der Waals surface area (Å²) in [5.74, 6) is 1.79. The number of nitrogens with zero attached hydrogens (tertiary/aromatic N) is 4. The molecule has 3 aromatic heterocycles. The quantitative estimate of drug-likeness (QED) is 0.612. The first kappa shape index (κ1) is 14.7. The molecule has 122 valence electrons. The van der Waals surface area contributed by atoms with E-state index in [1.54, 1.807) is 13.4 Å². The van der Waals surface area contributed by atoms with Gasteiger partial charge in [-0.1, -0.05) is 0 Å². The van der Waals surface area contributed by atoms with Gasteiger partial charge in [0.2, 0.25) is 0 Å². The summed E-state index contributed by atoms with van der Waals surface area (Å²) in [6.07, 6.45) is 5.33. The Morgan fingerprint density at radius 1 is 1.21 bits per heavy atom. The number of nitrogens with one attached hydrogen (secondary N) is 1. The van der Waals surface area contributed by atoms with Crippen molar-refractivity contribution in [1.29, 1.82) is 0 Å². The van der Waals surface area contributed by atoms with Gasteiger partial charge in [-0.2, -0.15) is 0 Å². The SMILES string of the molecule is COc1ccc2c3ccnc(C)c3n(CCCc3nnc[nH]3)c2c1. The van der Waals surface area contributed by atoms with Crippen LogP contribution in [0.25, 0.3) is 21.8 Å². The van der Waals surface area contributed by atoms with Crippen molar-refractivity contribution >= 4 is 21.8 Å². The molecule has 0 spiro atoms. The van der Waals surface area contributed by atoms with Gasteiger partial charge >= 0.3 is 0 Å². The van der Waals surface area contributed by atoms with Gasteiger partial charge in [-0.05, 0) is 31.5 Å². The van der Waals surface area contributed by atoms with Crippen LogP contribution >= 0.6 is 0 Å². The number of H-pyrrole nitrogens is 1. The van der Waals surface area contributed by atoms with Gasteiger partial charge in [-0.25, -0.2) is 0 Å². The highest BCUT2D eigenvalue weighted by atomic mass is 16.5. The summed E-state index contributed by atoms with van der Waals surface area (Å²) < 4.78 is 7.75. The first-order valence-corrected chi connectivity index (χ1v) is 8.04. The Balaban J connectivity index is 1.80. The average molecular weight is 321 g/mol. The van der Waals surface area contributed by atoms with Crippen LogP contribution in [0.5, 0.6) is 5.75 Å². The second kappa shape index (κ2) is 5.96. The van der Waals surface area contributed by atoms with Crippen LogP contribution in [0.1, 0.15) is 17.9 Å². The molecule has 6 heteroatoms. The summed E-state index contributed by atoms with van der Waals surface area (Å²) in [5, 5.41) is 10.4. The van der Waals surface area contributed by atoms with Crippen LogP contribution in [-0.4, -0.2) is 31.8 Å². The van der Waals surface area contributed by atoms with Crippen LogP contribution in [0, 0.1) is 6.92 Å². The molecule has 0 fully saturated rings. The van der Waals surface area contributed by atoms with E-state index in [-0.39, 0.29) is 0 Å². The third kappa shape index (κ3) is 2.40. The monoisotopic (exact) mass is 321 g/mol. The molecule has 0 saturated carbocycles. The second-order valence-electron chi connectivity index (χ2n) is 5.87. The Bertz CT molecular complexity index is 988. The Morgan fingerprint density at radius 2 is 2.12 bits per heavy atom. The number of pyridine rings is 1. The number of fused-ring (bicyclic) bond motifs is 3. The molecular formula is C18H19N5O. The Kier molecular flexibility index (Phi) is 3.65. The molecule has 4 rings (SSSR count). The van der Waals surface area contributed by atoms with Gasteiger partial charge in [0.05, 0.1) is 23.8 Å². The zero-order valence-electron chi connectivity index (χ0n) is 13.8. The molecular weight excluding hydrogens is 302 g/mol. The minimum atomic E-state index is 0.866. The van der Waals surface area contributed by atoms with E-state index in [4.69, 9.17) is 4.74 Å². The maximum Gasteiger partial charge on any atom is 0.130 e. The van der Waals surface area contributed by atoms with Gasteiger partial charge in [-0.3, -0.25) is 4.98 Å². The Morgan fingerprint density at radius 3 is 2.92 bits per heavy atom. The normalized spacial score (nSPS) is 11.4. The maximum atomic E-state index is 5.41. The van der Waals surface area contributed by atoms with Gasteiger partial charge in [0.15, 0.2) is 0 Å². The highest BCUT2D eigenvalue weighted by molar-refractivity contribution is 6.09. The molecule has 0 bridgehead atoms. The van der Waals surface area contributed by atoms with Gasteiger partial charge in [-0.15, -0.1) is 10.2 Å². The fourth-order valence-electron chi connectivity index (χ4n) is 3.32. The zero-order chi connectivity index (χ0) is 16.5. The number of rotatable bonds is 5. The van der Waals surface area contributed by atoms with E-state index in [0.717, 1.165) is 36.7 Å². The van der Waals surface area contributed by atoms with Crippen LogP contribution < -0.4 is 4.74 Å². The fraction of sp³-hybridized carbons (Fsp3) is 0.278. The summed E-state index contributed by atoms with van der Waals surface area (Å²) in [6, 6.07) is 8.33. The highest BCUT2D eigenvalue weighted by Crippen LogP contribution is 2.32. The molecule has 1 N–H and O–H groups in total. The second-order valence-corrected chi connectivity index (χ2v) is 5.87. The van der Waals surface area contributed by atoms with Crippen molar-refractivity contribution in [1.82, 2.24) is 24.7 Å². The van der Waals surface area contributed by atoms with Crippen molar-refractivity contribution in [3.8, 4) is 5.75 Å². The predicted octanol–water partition coefficient (Wildman–Crippen LogP) is 3.26. The molecule has 24 heavy (non-hydrogen) atoms. The summed E-state index contributed by atoms with van der Waals surface area (Å²) in [4.78, 5) is 7.54. The number of aryl methyl sites for hydroxylation is 3. The lowest BCUT2D eigenvalue weighted by molar-refractivity contribution is 0.415. The first-order valence-electron chi connectivity index (χ1n) is 8.04. The van der Waals surface area contributed by atoms with Crippen molar-refractivity contribution in [3.05, 3.63) is 48.3 Å². The molecule has 6 nitrogen and oxygen atoms in total. The van der Waals surface area contributed by atoms with Crippen LogP contribution in [0.2, 0.25) is 0 Å². The van der Waals surface area contributed by atoms with Gasteiger partial charge < -0.3 is 14.3 Å². The third-order valence-corrected chi connectivity index (χ3v) is 4.43. The number of benzene rings is 1. The number of hydrogen-bond donors (Lipinski definition) is 1. The van der Waals surface area contributed by atoms with Crippen LogP contribution in [0.15, 0.2) is 36.8 Å². The number of ether oxygens (including phenoxy) is 1. The predicted molar refractivity (Wildman–Crippen MR) is 93.2 cm³/mol. The number of hydrogen-bond acceptors (Lipinski definition) is 4. The van der Waals surface area contributed by atoms with Crippen LogP contribution in [0.3, 0.4) is 0 Å². The lowest BCUT2D eigenvalue weighted by atomic mass is 10.1.